The molecular weight excluding hydrogens is 484 g/mol. The first kappa shape index (κ1) is 24.2. The van der Waals surface area contributed by atoms with E-state index in [0.29, 0.717) is 0 Å². The first-order chi connectivity index (χ1) is 15.1. The van der Waals surface area contributed by atoms with Gasteiger partial charge in [-0.1, -0.05) is 23.2 Å². The molecule has 0 saturated carbocycles. The molecule has 0 aromatic heterocycles. The molecule has 1 saturated heterocycles. The minimum Gasteiger partial charge on any atom is -0.352 e. The molecule has 2 aromatic rings. The average Bonchev–Trinajstić information content (AvgIpc) is 3.22. The number of hydrogen-bond donors (Lipinski definition) is 3. The lowest BCUT2D eigenvalue weighted by atomic mass is 10.3. The number of nitrogens with two attached hydrogens (primary N) is 1. The zero-order chi connectivity index (χ0) is 23.5. The van der Waals surface area contributed by atoms with Crippen LogP contribution in [0.2, 0.25) is 10.0 Å². The van der Waals surface area contributed by atoms with Gasteiger partial charge in [-0.15, -0.1) is 0 Å². The first-order valence-electron chi connectivity index (χ1n) is 9.43. The lowest BCUT2D eigenvalue weighted by Crippen LogP contribution is -2.55. The number of carbonyl (C=O) groups is 2. The van der Waals surface area contributed by atoms with Crippen LogP contribution in [0.4, 0.5) is 14.9 Å². The average molecular weight is 504 g/mol. The maximum Gasteiger partial charge on any atom is 0.323 e. The van der Waals surface area contributed by atoms with Gasteiger partial charge in [0.2, 0.25) is 10.0 Å². The van der Waals surface area contributed by atoms with Gasteiger partial charge in [0, 0.05) is 31.9 Å². The predicted molar refractivity (Wildman–Crippen MR) is 118 cm³/mol. The smallest absolute Gasteiger partial charge is 0.323 e. The molecule has 13 heteroatoms. The normalized spacial score (nSPS) is 16.8. The summed E-state index contributed by atoms with van der Waals surface area (Å²) < 4.78 is 40.6. The maximum absolute atomic E-state index is 13.3. The molecule has 0 aliphatic carbocycles. The van der Waals surface area contributed by atoms with Crippen molar-refractivity contribution in [2.24, 2.45) is 5.73 Å². The summed E-state index contributed by atoms with van der Waals surface area (Å²) in [5.41, 5.74) is 5.71. The number of benzene rings is 2. The van der Waals surface area contributed by atoms with Crippen LogP contribution in [0.25, 0.3) is 0 Å². The van der Waals surface area contributed by atoms with Crippen LogP contribution in [-0.2, 0) is 14.8 Å². The highest BCUT2D eigenvalue weighted by molar-refractivity contribution is 7.89. The quantitative estimate of drug-likeness (QED) is 0.556. The molecule has 0 spiro atoms. The second-order valence-corrected chi connectivity index (χ2v) is 9.48. The minimum atomic E-state index is -4.22. The van der Waals surface area contributed by atoms with E-state index in [1.807, 2.05) is 0 Å². The highest BCUT2D eigenvalue weighted by Crippen LogP contribution is 2.30. The molecule has 1 aliphatic heterocycles. The molecule has 1 fully saturated rings. The van der Waals surface area contributed by atoms with E-state index in [4.69, 9.17) is 28.9 Å². The number of anilines is 1. The van der Waals surface area contributed by atoms with E-state index in [9.17, 15) is 22.4 Å². The van der Waals surface area contributed by atoms with Crippen LogP contribution in [-0.4, -0.2) is 61.9 Å². The Morgan fingerprint density at radius 2 is 1.78 bits per heavy atom. The van der Waals surface area contributed by atoms with Gasteiger partial charge in [0.05, 0.1) is 14.9 Å². The molecular formula is C19H20Cl2FN5O4S. The van der Waals surface area contributed by atoms with Crippen molar-refractivity contribution in [1.82, 2.24) is 14.5 Å². The fourth-order valence-electron chi connectivity index (χ4n) is 3.13. The third-order valence-electron chi connectivity index (χ3n) is 4.66. The summed E-state index contributed by atoms with van der Waals surface area (Å²) in [6.07, 6.45) is -1.47. The zero-order valence-corrected chi connectivity index (χ0v) is 18.9. The van der Waals surface area contributed by atoms with E-state index in [-0.39, 0.29) is 46.8 Å². The van der Waals surface area contributed by atoms with Crippen molar-refractivity contribution in [1.29, 1.82) is 0 Å². The molecule has 2 aromatic carbocycles. The Bertz CT molecular complexity index is 1120. The molecule has 1 heterocycles. The van der Waals surface area contributed by atoms with Crippen molar-refractivity contribution < 1.29 is 22.4 Å². The van der Waals surface area contributed by atoms with Gasteiger partial charge in [-0.2, -0.15) is 4.31 Å². The Morgan fingerprint density at radius 3 is 2.41 bits per heavy atom. The van der Waals surface area contributed by atoms with Crippen LogP contribution in [0.3, 0.4) is 0 Å². The Hall–Kier alpha value is -2.44. The first-order valence-corrected chi connectivity index (χ1v) is 11.6. The number of amides is 3. The van der Waals surface area contributed by atoms with Crippen LogP contribution >= 0.6 is 23.2 Å². The SMILES string of the molecule is NCCNC(=O)C1N(C(=O)Nc2ccc(F)cc2)CCN1S(=O)(=O)c1ccc(Cl)c(Cl)c1. The van der Waals surface area contributed by atoms with Gasteiger partial charge in [0.15, 0.2) is 6.17 Å². The molecule has 0 radical (unpaired) electrons. The second kappa shape index (κ2) is 10.0. The van der Waals surface area contributed by atoms with Crippen molar-refractivity contribution in [3.63, 3.8) is 0 Å². The van der Waals surface area contributed by atoms with Gasteiger partial charge in [-0.25, -0.2) is 17.6 Å². The molecule has 1 unspecified atom stereocenters. The molecule has 172 valence electrons. The van der Waals surface area contributed by atoms with Gasteiger partial charge in [0.1, 0.15) is 5.82 Å². The summed E-state index contributed by atoms with van der Waals surface area (Å²) in [5, 5.41) is 5.25. The number of nitrogens with zero attached hydrogens (tertiary/aromatic N) is 2. The fraction of sp³-hybridized carbons (Fsp3) is 0.263. The summed E-state index contributed by atoms with van der Waals surface area (Å²) in [7, 11) is -4.22. The van der Waals surface area contributed by atoms with Crippen LogP contribution < -0.4 is 16.4 Å². The molecule has 9 nitrogen and oxygen atoms in total. The fourth-order valence-corrected chi connectivity index (χ4v) is 5.07. The van der Waals surface area contributed by atoms with Gasteiger partial charge < -0.3 is 16.4 Å². The monoisotopic (exact) mass is 503 g/mol. The molecule has 3 amide bonds. The lowest BCUT2D eigenvalue weighted by Gasteiger charge is -2.28. The molecule has 1 aliphatic rings. The van der Waals surface area contributed by atoms with E-state index >= 15 is 0 Å². The number of halogens is 3. The van der Waals surface area contributed by atoms with E-state index in [1.165, 1.54) is 30.3 Å². The topological polar surface area (TPSA) is 125 Å². The number of nitrogens with one attached hydrogen (secondary N) is 2. The van der Waals surface area contributed by atoms with E-state index in [0.717, 1.165) is 21.3 Å². The molecule has 1 atom stereocenters. The third kappa shape index (κ3) is 5.13. The molecule has 3 rings (SSSR count). The summed E-state index contributed by atoms with van der Waals surface area (Å²) in [5.74, 6) is -1.20. The van der Waals surface area contributed by atoms with Crippen molar-refractivity contribution in [3.8, 4) is 0 Å². The number of urea groups is 1. The highest BCUT2D eigenvalue weighted by Gasteiger charge is 2.46. The summed E-state index contributed by atoms with van der Waals surface area (Å²) in [6.45, 7) is 0.0115. The van der Waals surface area contributed by atoms with Crippen molar-refractivity contribution in [2.75, 3.05) is 31.5 Å². The number of rotatable bonds is 6. The highest BCUT2D eigenvalue weighted by atomic mass is 35.5. The van der Waals surface area contributed by atoms with E-state index in [2.05, 4.69) is 10.6 Å². The predicted octanol–water partition coefficient (Wildman–Crippen LogP) is 2.07. The Morgan fingerprint density at radius 1 is 1.09 bits per heavy atom. The molecule has 0 bridgehead atoms. The Kier molecular flexibility index (Phi) is 7.57. The van der Waals surface area contributed by atoms with E-state index < -0.39 is 33.9 Å². The lowest BCUT2D eigenvalue weighted by molar-refractivity contribution is -0.127. The van der Waals surface area contributed by atoms with E-state index in [1.54, 1.807) is 0 Å². The van der Waals surface area contributed by atoms with Crippen LogP contribution in [0.1, 0.15) is 0 Å². The Balaban J connectivity index is 1.91. The van der Waals surface area contributed by atoms with Crippen LogP contribution in [0.15, 0.2) is 47.4 Å². The maximum atomic E-state index is 13.3. The van der Waals surface area contributed by atoms with Crippen molar-refractivity contribution in [3.05, 3.63) is 58.3 Å². The summed E-state index contributed by atoms with van der Waals surface area (Å²) in [4.78, 5) is 26.6. The molecule has 32 heavy (non-hydrogen) atoms. The largest absolute Gasteiger partial charge is 0.352 e. The van der Waals surface area contributed by atoms with Gasteiger partial charge in [0.25, 0.3) is 5.91 Å². The van der Waals surface area contributed by atoms with Crippen molar-refractivity contribution in [2.45, 2.75) is 11.1 Å². The molecule has 4 N–H and O–H groups in total. The number of hydrogen-bond acceptors (Lipinski definition) is 5. The van der Waals surface area contributed by atoms with Gasteiger partial charge >= 0.3 is 6.03 Å². The van der Waals surface area contributed by atoms with Crippen LogP contribution in [0, 0.1) is 5.82 Å². The number of sulfonamides is 1. The Labute approximate surface area is 194 Å². The van der Waals surface area contributed by atoms with Crippen LogP contribution in [0.5, 0.6) is 0 Å². The second-order valence-electron chi connectivity index (χ2n) is 6.78. The van der Waals surface area contributed by atoms with Gasteiger partial charge in [-0.05, 0) is 42.5 Å². The zero-order valence-electron chi connectivity index (χ0n) is 16.6. The van der Waals surface area contributed by atoms with Gasteiger partial charge in [-0.3, -0.25) is 9.69 Å². The summed E-state index contributed by atoms with van der Waals surface area (Å²) >= 11 is 11.8. The third-order valence-corrected chi connectivity index (χ3v) is 7.25. The standard InChI is InChI=1S/C19H20Cl2FN5O4S/c20-15-6-5-14(11-16(15)21)32(30,31)27-10-9-26(18(27)17(28)24-8-7-23)19(29)25-13-3-1-12(22)2-4-13/h1-6,11,18H,7-10,23H2,(H,24,28)(H,25,29). The number of carbonyl (C=O) groups excluding carboxylic acids is 2. The minimum absolute atomic E-state index is 0.0296. The summed E-state index contributed by atoms with van der Waals surface area (Å²) in [6, 6.07) is 8.05. The van der Waals surface area contributed by atoms with Crippen molar-refractivity contribution >= 4 is 50.9 Å².